The summed E-state index contributed by atoms with van der Waals surface area (Å²) in [5.41, 5.74) is 1.11. The molecule has 2 amide bonds. The minimum absolute atomic E-state index is 0.0263. The maximum Gasteiger partial charge on any atom is 0.302 e. The fourth-order valence-electron chi connectivity index (χ4n) is 5.00. The predicted molar refractivity (Wildman–Crippen MR) is 135 cm³/mol. The Hall–Kier alpha value is -3.34. The zero-order valence-electron chi connectivity index (χ0n) is 21.6. The van der Waals surface area contributed by atoms with E-state index in [2.05, 4.69) is 10.3 Å². The van der Waals surface area contributed by atoms with Crippen LogP contribution in [0.3, 0.4) is 0 Å². The topological polar surface area (TPSA) is 97.8 Å². The van der Waals surface area contributed by atoms with Gasteiger partial charge in [0.05, 0.1) is 20.9 Å². The van der Waals surface area contributed by atoms with Crippen LogP contribution in [-0.4, -0.2) is 55.5 Å². The summed E-state index contributed by atoms with van der Waals surface area (Å²) in [5.74, 6) is -2.66. The molecule has 0 bridgehead atoms. The molecule has 198 valence electrons. The first kappa shape index (κ1) is 26.7. The van der Waals surface area contributed by atoms with Crippen LogP contribution < -0.4 is 15.2 Å². The highest BCUT2D eigenvalue weighted by molar-refractivity contribution is 6.88. The largest absolute Gasteiger partial charge is 0.481 e. The third kappa shape index (κ3) is 5.51. The number of anilines is 1. The average molecular weight is 532 g/mol. The van der Waals surface area contributed by atoms with Crippen LogP contribution in [0.5, 0.6) is 5.88 Å². The second kappa shape index (κ2) is 10.2. The van der Waals surface area contributed by atoms with Crippen LogP contribution in [0.25, 0.3) is 0 Å². The highest BCUT2D eigenvalue weighted by Gasteiger charge is 2.44. The van der Waals surface area contributed by atoms with Crippen molar-refractivity contribution >= 4 is 36.7 Å². The normalized spacial score (nSPS) is 20.9. The van der Waals surface area contributed by atoms with Crippen LogP contribution in [0.15, 0.2) is 24.3 Å². The van der Waals surface area contributed by atoms with Gasteiger partial charge in [0.2, 0.25) is 11.8 Å². The lowest BCUT2D eigenvalue weighted by Crippen LogP contribution is -2.51. The molecule has 37 heavy (non-hydrogen) atoms. The van der Waals surface area contributed by atoms with E-state index >= 15 is 0 Å². The molecular formula is C26H31F2N3O5Si. The molecule has 2 aromatic rings. The first-order valence-corrected chi connectivity index (χ1v) is 15.7. The summed E-state index contributed by atoms with van der Waals surface area (Å²) in [6, 6.07) is 4.47. The SMILES string of the molecule is COc1ccc2c(n1)CCN(C(=O)[C@H]1C[C@@H](OC(C)=O)C1)[C@H]2C(=O)Nc1cc(F)c([Si](C)(C)C)c(F)c1. The summed E-state index contributed by atoms with van der Waals surface area (Å²) in [7, 11) is -0.807. The van der Waals surface area contributed by atoms with Gasteiger partial charge >= 0.3 is 5.97 Å². The number of amides is 2. The summed E-state index contributed by atoms with van der Waals surface area (Å²) < 4.78 is 40.0. The van der Waals surface area contributed by atoms with Crippen LogP contribution >= 0.6 is 0 Å². The van der Waals surface area contributed by atoms with Crippen LogP contribution in [-0.2, 0) is 25.5 Å². The molecule has 8 nitrogen and oxygen atoms in total. The summed E-state index contributed by atoms with van der Waals surface area (Å²) >= 11 is 0. The Balaban J connectivity index is 1.62. The number of esters is 1. The van der Waals surface area contributed by atoms with Crippen molar-refractivity contribution in [3.8, 4) is 5.88 Å². The molecule has 1 aromatic carbocycles. The number of methoxy groups -OCH3 is 1. The summed E-state index contributed by atoms with van der Waals surface area (Å²) in [5, 5.41) is 2.67. The van der Waals surface area contributed by atoms with Crippen molar-refractivity contribution in [3.63, 3.8) is 0 Å². The molecule has 0 radical (unpaired) electrons. The molecule has 1 atom stereocenters. The second-order valence-electron chi connectivity index (χ2n) is 10.5. The lowest BCUT2D eigenvalue weighted by molar-refractivity contribution is -0.161. The van der Waals surface area contributed by atoms with Crippen molar-refractivity contribution in [3.05, 3.63) is 47.2 Å². The Morgan fingerprint density at radius 3 is 2.32 bits per heavy atom. The Labute approximate surface area is 215 Å². The lowest BCUT2D eigenvalue weighted by Gasteiger charge is -2.41. The number of carbonyl (C=O) groups is 3. The molecule has 0 unspecified atom stereocenters. The minimum Gasteiger partial charge on any atom is -0.481 e. The van der Waals surface area contributed by atoms with Gasteiger partial charge in [-0.05, 0) is 31.0 Å². The molecule has 1 fully saturated rings. The summed E-state index contributed by atoms with van der Waals surface area (Å²) in [6.07, 6.45) is 0.852. The number of hydrogen-bond acceptors (Lipinski definition) is 6. The molecule has 1 aromatic heterocycles. The molecular weight excluding hydrogens is 500 g/mol. The molecule has 2 heterocycles. The smallest absolute Gasteiger partial charge is 0.302 e. The fraction of sp³-hybridized carbons (Fsp3) is 0.462. The molecule has 1 N–H and O–H groups in total. The Kier molecular flexibility index (Phi) is 7.36. The monoisotopic (exact) mass is 531 g/mol. The number of hydrogen-bond donors (Lipinski definition) is 1. The van der Waals surface area contributed by atoms with Crippen molar-refractivity contribution in [1.82, 2.24) is 9.88 Å². The highest BCUT2D eigenvalue weighted by Crippen LogP contribution is 2.37. The van der Waals surface area contributed by atoms with Gasteiger partial charge in [0.15, 0.2) is 0 Å². The maximum absolute atomic E-state index is 14.8. The number of rotatable bonds is 6. The number of fused-ring (bicyclic) bond motifs is 1. The Morgan fingerprint density at radius 2 is 1.76 bits per heavy atom. The third-order valence-electron chi connectivity index (χ3n) is 6.76. The van der Waals surface area contributed by atoms with E-state index in [1.807, 2.05) is 19.6 Å². The van der Waals surface area contributed by atoms with E-state index in [0.29, 0.717) is 36.4 Å². The van der Waals surface area contributed by atoms with Crippen molar-refractivity contribution in [2.75, 3.05) is 19.0 Å². The summed E-state index contributed by atoms with van der Waals surface area (Å²) in [6.45, 7) is 7.06. The van der Waals surface area contributed by atoms with Gasteiger partial charge in [0.25, 0.3) is 5.91 Å². The van der Waals surface area contributed by atoms with Gasteiger partial charge in [-0.2, -0.15) is 0 Å². The number of halogens is 2. The van der Waals surface area contributed by atoms with Gasteiger partial charge < -0.3 is 19.7 Å². The van der Waals surface area contributed by atoms with E-state index in [0.717, 1.165) is 12.1 Å². The van der Waals surface area contributed by atoms with Gasteiger partial charge in [-0.3, -0.25) is 14.4 Å². The predicted octanol–water partition coefficient (Wildman–Crippen LogP) is 3.32. The Morgan fingerprint density at radius 1 is 1.11 bits per heavy atom. The first-order valence-electron chi connectivity index (χ1n) is 12.2. The number of aromatic nitrogens is 1. The molecule has 11 heteroatoms. The second-order valence-corrected chi connectivity index (χ2v) is 15.5. The number of nitrogens with zero attached hydrogens (tertiary/aromatic N) is 2. The number of ether oxygens (including phenoxy) is 2. The first-order chi connectivity index (χ1) is 17.4. The third-order valence-corrected chi connectivity index (χ3v) is 8.73. The number of benzene rings is 1. The minimum atomic E-state index is -2.29. The van der Waals surface area contributed by atoms with Crippen LogP contribution in [0.4, 0.5) is 14.5 Å². The van der Waals surface area contributed by atoms with E-state index in [1.165, 1.54) is 18.9 Å². The Bertz CT molecular complexity index is 1220. The van der Waals surface area contributed by atoms with Crippen molar-refractivity contribution in [1.29, 1.82) is 0 Å². The number of nitrogens with one attached hydrogen (secondary N) is 1. The van der Waals surface area contributed by atoms with E-state index in [4.69, 9.17) is 9.47 Å². The highest BCUT2D eigenvalue weighted by atomic mass is 28.3. The van der Waals surface area contributed by atoms with Gasteiger partial charge in [-0.25, -0.2) is 13.8 Å². The van der Waals surface area contributed by atoms with Gasteiger partial charge in [-0.15, -0.1) is 0 Å². The molecule has 1 aliphatic heterocycles. The summed E-state index contributed by atoms with van der Waals surface area (Å²) in [4.78, 5) is 44.1. The molecule has 0 saturated heterocycles. The number of carbonyl (C=O) groups excluding carboxylic acids is 3. The fourth-order valence-corrected chi connectivity index (χ4v) is 6.58. The lowest BCUT2D eigenvalue weighted by atomic mass is 9.80. The van der Waals surface area contributed by atoms with Crippen LogP contribution in [0.1, 0.15) is 37.1 Å². The molecule has 0 spiro atoms. The molecule has 2 aliphatic rings. The molecule has 1 saturated carbocycles. The zero-order valence-corrected chi connectivity index (χ0v) is 22.6. The van der Waals surface area contributed by atoms with Gasteiger partial charge in [0, 0.05) is 48.3 Å². The van der Waals surface area contributed by atoms with E-state index in [1.54, 1.807) is 12.1 Å². The van der Waals surface area contributed by atoms with Crippen molar-refractivity contribution < 1.29 is 32.6 Å². The van der Waals surface area contributed by atoms with Crippen LogP contribution in [0.2, 0.25) is 19.6 Å². The standard InChI is InChI=1S/C26H31F2N3O5Si/c1-14(32)36-17-10-15(11-17)26(34)31-9-8-21-18(6-7-22(30-21)35-2)23(31)25(33)29-16-12-19(27)24(20(28)13-16)37(3,4)5/h6-7,12-13,15,17,23H,8-11H2,1-5H3,(H,29,33)/t15-,17+,23-/m1/s1. The van der Waals surface area contributed by atoms with E-state index in [-0.39, 0.29) is 29.4 Å². The van der Waals surface area contributed by atoms with E-state index in [9.17, 15) is 23.2 Å². The van der Waals surface area contributed by atoms with Crippen molar-refractivity contribution in [2.24, 2.45) is 5.92 Å². The molecule has 1 aliphatic carbocycles. The van der Waals surface area contributed by atoms with Gasteiger partial charge in [-0.1, -0.05) is 19.6 Å². The average Bonchev–Trinajstić information content (AvgIpc) is 2.77. The van der Waals surface area contributed by atoms with E-state index < -0.39 is 43.5 Å². The molecule has 4 rings (SSSR count). The van der Waals surface area contributed by atoms with Gasteiger partial charge in [0.1, 0.15) is 23.8 Å². The maximum atomic E-state index is 14.8. The zero-order chi connectivity index (χ0) is 27.1. The van der Waals surface area contributed by atoms with Crippen molar-refractivity contribution in [2.45, 2.75) is 58.0 Å². The quantitative estimate of drug-likeness (QED) is 0.454. The van der Waals surface area contributed by atoms with Crippen LogP contribution in [0, 0.1) is 17.6 Å². The number of pyridine rings is 1.